The van der Waals surface area contributed by atoms with Gasteiger partial charge in [-0.05, 0) is 94.0 Å². The number of aromatic nitrogens is 1. The Morgan fingerprint density at radius 3 is 2.37 bits per heavy atom. The number of nitrogens with zero attached hydrogens (tertiary/aromatic N) is 1. The van der Waals surface area contributed by atoms with Gasteiger partial charge in [0, 0.05) is 16.8 Å². The van der Waals surface area contributed by atoms with Crippen molar-refractivity contribution in [2.75, 3.05) is 10.6 Å². The molecule has 1 aliphatic rings. The number of rotatable bonds is 8. The van der Waals surface area contributed by atoms with Crippen molar-refractivity contribution in [2.45, 2.75) is 84.2 Å². The Morgan fingerprint density at radius 1 is 0.976 bits per heavy atom. The maximum atomic E-state index is 13.0. The van der Waals surface area contributed by atoms with Gasteiger partial charge >= 0.3 is 5.97 Å². The number of anilines is 3. The first-order chi connectivity index (χ1) is 19.5. The summed E-state index contributed by atoms with van der Waals surface area (Å²) in [7, 11) is 0. The molecule has 1 aliphatic carbocycles. The van der Waals surface area contributed by atoms with E-state index < -0.39 is 5.60 Å². The van der Waals surface area contributed by atoms with E-state index in [0.29, 0.717) is 18.0 Å². The van der Waals surface area contributed by atoms with E-state index in [2.05, 4.69) is 15.6 Å². The van der Waals surface area contributed by atoms with E-state index >= 15 is 0 Å². The van der Waals surface area contributed by atoms with E-state index in [1.54, 1.807) is 0 Å². The van der Waals surface area contributed by atoms with Crippen LogP contribution in [0, 0.1) is 13.8 Å². The molecule has 4 aromatic rings. The first-order valence-corrected chi connectivity index (χ1v) is 14.3. The van der Waals surface area contributed by atoms with Gasteiger partial charge in [0.1, 0.15) is 11.1 Å². The van der Waals surface area contributed by atoms with Crippen molar-refractivity contribution in [1.82, 2.24) is 4.98 Å². The summed E-state index contributed by atoms with van der Waals surface area (Å²) in [4.78, 5) is 30.3. The lowest BCUT2D eigenvalue weighted by atomic mass is 9.76. The highest BCUT2D eigenvalue weighted by Gasteiger charge is 2.39. The lowest BCUT2D eigenvalue weighted by Gasteiger charge is -2.30. The summed E-state index contributed by atoms with van der Waals surface area (Å²) >= 11 is 0. The largest absolute Gasteiger partial charge is 0.460 e. The minimum Gasteiger partial charge on any atom is -0.460 e. The summed E-state index contributed by atoms with van der Waals surface area (Å²) in [6, 6.07) is 20.2. The van der Waals surface area contributed by atoms with E-state index in [0.717, 1.165) is 64.8 Å². The third-order valence-electron chi connectivity index (χ3n) is 7.74. The third-order valence-corrected chi connectivity index (χ3v) is 7.74. The van der Waals surface area contributed by atoms with Gasteiger partial charge in [-0.1, -0.05) is 49.2 Å². The predicted molar refractivity (Wildman–Crippen MR) is 163 cm³/mol. The monoisotopic (exact) mass is 553 g/mol. The molecule has 1 amide bonds. The number of ether oxygens (including phenoxy) is 1. The van der Waals surface area contributed by atoms with Crippen LogP contribution in [0.4, 0.5) is 17.4 Å². The first kappa shape index (κ1) is 28.4. The summed E-state index contributed by atoms with van der Waals surface area (Å²) in [6.07, 6.45) is 4.70. The number of hydrogen-bond donors (Lipinski definition) is 2. The standard InChI is InChI=1S/C34H39N3O4/c1-22-10-6-7-11-27(22)36-32-37-31-23(2)18-24(19-28(31)40-32)20-29(38)35-26-14-12-25(13-15-26)34(16-8-9-17-34)21-30(39)41-33(3,4)5/h6-7,10-15,18-19H,8-9,16-17,20-21H2,1-5H3,(H,35,38)(H,36,37). The Hall–Kier alpha value is -4.13. The molecule has 1 fully saturated rings. The van der Waals surface area contributed by atoms with Crippen LogP contribution in [0.2, 0.25) is 0 Å². The van der Waals surface area contributed by atoms with Crippen molar-refractivity contribution in [3.8, 4) is 0 Å². The van der Waals surface area contributed by atoms with Gasteiger partial charge in [0.25, 0.3) is 6.01 Å². The molecule has 5 rings (SSSR count). The highest BCUT2D eigenvalue weighted by atomic mass is 16.6. The normalized spacial score (nSPS) is 14.7. The summed E-state index contributed by atoms with van der Waals surface area (Å²) in [6.45, 7) is 9.69. The molecule has 0 saturated heterocycles. The molecule has 0 atom stereocenters. The van der Waals surface area contributed by atoms with Crippen LogP contribution in [-0.4, -0.2) is 22.5 Å². The molecule has 3 aromatic carbocycles. The smallest absolute Gasteiger partial charge is 0.307 e. The zero-order chi connectivity index (χ0) is 29.2. The average molecular weight is 554 g/mol. The maximum absolute atomic E-state index is 13.0. The Bertz CT molecular complexity index is 1560. The number of benzene rings is 3. The SMILES string of the molecule is Cc1ccccc1Nc1nc2c(C)cc(CC(=O)Nc3ccc(C4(CC(=O)OC(C)(C)C)CCCC4)cc3)cc2o1. The van der Waals surface area contributed by atoms with Crippen LogP contribution in [0.1, 0.15) is 75.1 Å². The van der Waals surface area contributed by atoms with Crippen LogP contribution >= 0.6 is 0 Å². The van der Waals surface area contributed by atoms with Gasteiger partial charge in [-0.25, -0.2) is 0 Å². The number of para-hydroxylation sites is 1. The zero-order valence-corrected chi connectivity index (χ0v) is 24.6. The molecule has 0 unspecified atom stereocenters. The minimum atomic E-state index is -0.498. The van der Waals surface area contributed by atoms with Gasteiger partial charge in [-0.3, -0.25) is 9.59 Å². The number of carbonyl (C=O) groups excluding carboxylic acids is 2. The van der Waals surface area contributed by atoms with Crippen molar-refractivity contribution < 1.29 is 18.7 Å². The van der Waals surface area contributed by atoms with Gasteiger partial charge in [0.15, 0.2) is 5.58 Å². The fourth-order valence-corrected chi connectivity index (χ4v) is 5.82. The number of nitrogens with one attached hydrogen (secondary N) is 2. The lowest BCUT2D eigenvalue weighted by Crippen LogP contribution is -2.31. The van der Waals surface area contributed by atoms with Crippen molar-refractivity contribution in [3.63, 3.8) is 0 Å². The van der Waals surface area contributed by atoms with Gasteiger partial charge in [-0.2, -0.15) is 4.98 Å². The molecule has 0 bridgehead atoms. The maximum Gasteiger partial charge on any atom is 0.307 e. The number of aryl methyl sites for hydroxylation is 2. The van der Waals surface area contributed by atoms with Gasteiger partial charge in [-0.15, -0.1) is 0 Å². The fraction of sp³-hybridized carbons (Fsp3) is 0.382. The fourth-order valence-electron chi connectivity index (χ4n) is 5.82. The van der Waals surface area contributed by atoms with E-state index in [1.165, 1.54) is 0 Å². The van der Waals surface area contributed by atoms with Crippen LogP contribution in [0.5, 0.6) is 0 Å². The molecule has 41 heavy (non-hydrogen) atoms. The van der Waals surface area contributed by atoms with Crippen LogP contribution < -0.4 is 10.6 Å². The molecule has 2 N–H and O–H groups in total. The highest BCUT2D eigenvalue weighted by Crippen LogP contribution is 2.44. The van der Waals surface area contributed by atoms with Crippen LogP contribution in [-0.2, 0) is 26.2 Å². The molecular formula is C34H39N3O4. The Labute approximate surface area is 241 Å². The van der Waals surface area contributed by atoms with E-state index in [4.69, 9.17) is 9.15 Å². The molecule has 1 aromatic heterocycles. The molecule has 7 nitrogen and oxygen atoms in total. The van der Waals surface area contributed by atoms with Crippen LogP contribution in [0.25, 0.3) is 11.1 Å². The van der Waals surface area contributed by atoms with Crippen molar-refractivity contribution in [1.29, 1.82) is 0 Å². The van der Waals surface area contributed by atoms with E-state index in [9.17, 15) is 9.59 Å². The van der Waals surface area contributed by atoms with Crippen molar-refractivity contribution in [3.05, 3.63) is 82.9 Å². The Morgan fingerprint density at radius 2 is 1.68 bits per heavy atom. The first-order valence-electron chi connectivity index (χ1n) is 14.3. The Balaban J connectivity index is 1.25. The molecule has 1 heterocycles. The van der Waals surface area contributed by atoms with Crippen LogP contribution in [0.15, 0.2) is 65.1 Å². The molecule has 7 heteroatoms. The van der Waals surface area contributed by atoms with Gasteiger partial charge in [0.05, 0.1) is 12.8 Å². The lowest BCUT2D eigenvalue weighted by molar-refractivity contribution is -0.156. The highest BCUT2D eigenvalue weighted by molar-refractivity contribution is 5.93. The number of oxazole rings is 1. The second-order valence-corrected chi connectivity index (χ2v) is 12.3. The summed E-state index contributed by atoms with van der Waals surface area (Å²) in [5.74, 6) is -0.271. The van der Waals surface area contributed by atoms with E-state index in [-0.39, 0.29) is 23.7 Å². The summed E-state index contributed by atoms with van der Waals surface area (Å²) in [5, 5.41) is 6.26. The number of amides is 1. The molecule has 0 aliphatic heterocycles. The molecule has 1 saturated carbocycles. The van der Waals surface area contributed by atoms with Gasteiger partial charge in [0.2, 0.25) is 5.91 Å². The van der Waals surface area contributed by atoms with Gasteiger partial charge < -0.3 is 19.8 Å². The predicted octanol–water partition coefficient (Wildman–Crippen LogP) is 7.91. The van der Waals surface area contributed by atoms with E-state index in [1.807, 2.05) is 95.3 Å². The number of esters is 1. The summed E-state index contributed by atoms with van der Waals surface area (Å²) in [5.41, 5.74) is 6.39. The average Bonchev–Trinajstić information content (AvgIpc) is 3.52. The molecule has 0 spiro atoms. The number of carbonyl (C=O) groups is 2. The second-order valence-electron chi connectivity index (χ2n) is 12.3. The zero-order valence-electron chi connectivity index (χ0n) is 24.6. The molecule has 0 radical (unpaired) electrons. The second kappa shape index (κ2) is 11.4. The minimum absolute atomic E-state index is 0.112. The topological polar surface area (TPSA) is 93.5 Å². The Kier molecular flexibility index (Phi) is 7.89. The van der Waals surface area contributed by atoms with Crippen molar-refractivity contribution in [2.24, 2.45) is 0 Å². The van der Waals surface area contributed by atoms with Crippen LogP contribution in [0.3, 0.4) is 0 Å². The molecule has 214 valence electrons. The quantitative estimate of drug-likeness (QED) is 0.215. The number of hydrogen-bond acceptors (Lipinski definition) is 6. The molecular weight excluding hydrogens is 514 g/mol. The van der Waals surface area contributed by atoms with Crippen molar-refractivity contribution >= 4 is 40.4 Å². The third kappa shape index (κ3) is 6.79. The summed E-state index contributed by atoms with van der Waals surface area (Å²) < 4.78 is 11.6. The number of fused-ring (bicyclic) bond motifs is 1.